The fourth-order valence-electron chi connectivity index (χ4n) is 1.87. The minimum atomic E-state index is -0.797. The average Bonchev–Trinajstić information content (AvgIpc) is 2.57. The molecule has 126 valence electrons. The molecular formula is C18H18BrNO4. The maximum absolute atomic E-state index is 11.9. The van der Waals surface area contributed by atoms with E-state index in [4.69, 9.17) is 9.47 Å². The predicted octanol–water partition coefficient (Wildman–Crippen LogP) is 3.71. The Kier molecular flexibility index (Phi) is 6.37. The summed E-state index contributed by atoms with van der Waals surface area (Å²) in [6.45, 7) is 3.16. The van der Waals surface area contributed by atoms with Gasteiger partial charge in [-0.2, -0.15) is 0 Å². The van der Waals surface area contributed by atoms with Gasteiger partial charge in [-0.15, -0.1) is 0 Å². The lowest BCUT2D eigenvalue weighted by molar-refractivity contribution is -0.153. The molecule has 0 aliphatic rings. The minimum absolute atomic E-state index is 0.368. The van der Waals surface area contributed by atoms with Crippen LogP contribution in [0.15, 0.2) is 53.0 Å². The molecule has 2 aromatic carbocycles. The van der Waals surface area contributed by atoms with E-state index in [1.165, 1.54) is 0 Å². The van der Waals surface area contributed by atoms with Crippen LogP contribution in [-0.2, 0) is 14.3 Å². The number of amides is 1. The number of carbonyl (C=O) groups excluding carboxylic acids is 2. The van der Waals surface area contributed by atoms with E-state index in [2.05, 4.69) is 21.2 Å². The first-order chi connectivity index (χ1) is 11.5. The van der Waals surface area contributed by atoms with E-state index in [1.807, 2.05) is 19.1 Å². The lowest BCUT2D eigenvalue weighted by Crippen LogP contribution is -2.29. The minimum Gasteiger partial charge on any atom is -0.479 e. The van der Waals surface area contributed by atoms with Gasteiger partial charge in [-0.25, -0.2) is 4.79 Å². The molecule has 0 spiro atoms. The first-order valence-corrected chi connectivity index (χ1v) is 8.19. The molecule has 0 fully saturated rings. The number of anilines is 1. The highest BCUT2D eigenvalue weighted by atomic mass is 79.9. The number of hydrogen-bond acceptors (Lipinski definition) is 4. The van der Waals surface area contributed by atoms with Crippen LogP contribution in [0.3, 0.4) is 0 Å². The summed E-state index contributed by atoms with van der Waals surface area (Å²) < 4.78 is 11.3. The highest BCUT2D eigenvalue weighted by molar-refractivity contribution is 9.10. The topological polar surface area (TPSA) is 64.6 Å². The summed E-state index contributed by atoms with van der Waals surface area (Å²) >= 11 is 3.40. The summed E-state index contributed by atoms with van der Waals surface area (Å²) in [6.07, 6.45) is -0.797. The van der Waals surface area contributed by atoms with Gasteiger partial charge < -0.3 is 14.8 Å². The van der Waals surface area contributed by atoms with Crippen molar-refractivity contribution in [3.05, 3.63) is 58.6 Å². The number of para-hydroxylation sites is 1. The lowest BCUT2D eigenvalue weighted by Gasteiger charge is -2.14. The summed E-state index contributed by atoms with van der Waals surface area (Å²) in [5.74, 6) is -0.444. The molecule has 0 unspecified atom stereocenters. The van der Waals surface area contributed by atoms with Crippen LogP contribution < -0.4 is 10.1 Å². The van der Waals surface area contributed by atoms with Gasteiger partial charge in [0.15, 0.2) is 12.7 Å². The summed E-state index contributed by atoms with van der Waals surface area (Å²) in [5, 5.41) is 2.67. The third-order valence-corrected chi connectivity index (χ3v) is 4.04. The van der Waals surface area contributed by atoms with Crippen LogP contribution in [0.1, 0.15) is 12.5 Å². The summed E-state index contributed by atoms with van der Waals surface area (Å²) in [4.78, 5) is 23.7. The number of aryl methyl sites for hydroxylation is 1. The molecule has 2 aromatic rings. The van der Waals surface area contributed by atoms with Gasteiger partial charge in [0.25, 0.3) is 5.91 Å². The predicted molar refractivity (Wildman–Crippen MR) is 95.0 cm³/mol. The second-order valence-corrected chi connectivity index (χ2v) is 6.05. The normalized spacial score (nSPS) is 11.5. The maximum atomic E-state index is 11.9. The number of halogens is 1. The van der Waals surface area contributed by atoms with Gasteiger partial charge in [-0.3, -0.25) is 4.79 Å². The van der Waals surface area contributed by atoms with Gasteiger partial charge >= 0.3 is 5.97 Å². The number of hydrogen-bond donors (Lipinski definition) is 1. The van der Waals surface area contributed by atoms with E-state index in [0.29, 0.717) is 11.4 Å². The molecule has 0 aliphatic heterocycles. The fourth-order valence-corrected chi connectivity index (χ4v) is 2.25. The standard InChI is InChI=1S/C18H18BrNO4/c1-12-8-9-14(10-16(12)19)20-17(21)11-23-18(22)13(2)24-15-6-4-3-5-7-15/h3-10,13H,11H2,1-2H3,(H,20,21)/t13-/m0/s1. The molecule has 1 atom stereocenters. The largest absolute Gasteiger partial charge is 0.479 e. The van der Waals surface area contributed by atoms with Crippen LogP contribution in [0.4, 0.5) is 5.69 Å². The number of benzene rings is 2. The Bertz CT molecular complexity index is 718. The SMILES string of the molecule is Cc1ccc(NC(=O)COC(=O)[C@H](C)Oc2ccccc2)cc1Br. The van der Waals surface area contributed by atoms with Crippen molar-refractivity contribution >= 4 is 33.5 Å². The second-order valence-electron chi connectivity index (χ2n) is 5.19. The van der Waals surface area contributed by atoms with E-state index in [9.17, 15) is 9.59 Å². The van der Waals surface area contributed by atoms with Crippen molar-refractivity contribution in [2.24, 2.45) is 0 Å². The van der Waals surface area contributed by atoms with Crippen molar-refractivity contribution in [2.45, 2.75) is 20.0 Å². The van der Waals surface area contributed by atoms with Gasteiger partial charge in [0, 0.05) is 10.2 Å². The summed E-state index contributed by atoms with van der Waals surface area (Å²) in [7, 11) is 0. The Labute approximate surface area is 149 Å². The van der Waals surface area contributed by atoms with Gasteiger partial charge in [0.05, 0.1) is 0 Å². The molecule has 0 radical (unpaired) electrons. The molecule has 0 aliphatic carbocycles. The third kappa shape index (κ3) is 5.38. The third-order valence-electron chi connectivity index (χ3n) is 3.19. The van der Waals surface area contributed by atoms with Gasteiger partial charge in [-0.1, -0.05) is 40.2 Å². The summed E-state index contributed by atoms with van der Waals surface area (Å²) in [5.41, 5.74) is 1.69. The van der Waals surface area contributed by atoms with E-state index in [-0.39, 0.29) is 6.61 Å². The number of nitrogens with one attached hydrogen (secondary N) is 1. The van der Waals surface area contributed by atoms with Crippen LogP contribution in [0, 0.1) is 6.92 Å². The Morgan fingerprint density at radius 3 is 2.54 bits per heavy atom. The first kappa shape index (κ1) is 18.0. The van der Waals surface area contributed by atoms with Crippen molar-refractivity contribution < 1.29 is 19.1 Å². The lowest BCUT2D eigenvalue weighted by atomic mass is 10.2. The average molecular weight is 392 g/mol. The van der Waals surface area contributed by atoms with E-state index in [1.54, 1.807) is 43.3 Å². The zero-order chi connectivity index (χ0) is 17.5. The number of esters is 1. The van der Waals surface area contributed by atoms with Crippen molar-refractivity contribution in [2.75, 3.05) is 11.9 Å². The Balaban J connectivity index is 1.80. The van der Waals surface area contributed by atoms with Crippen LogP contribution in [0.25, 0.3) is 0 Å². The molecule has 0 aromatic heterocycles. The molecule has 1 amide bonds. The van der Waals surface area contributed by atoms with Gasteiger partial charge in [-0.05, 0) is 43.7 Å². The zero-order valence-corrected chi connectivity index (χ0v) is 15.0. The van der Waals surface area contributed by atoms with E-state index >= 15 is 0 Å². The molecule has 0 bridgehead atoms. The smallest absolute Gasteiger partial charge is 0.347 e. The molecule has 1 N–H and O–H groups in total. The van der Waals surface area contributed by atoms with Crippen LogP contribution >= 0.6 is 15.9 Å². The van der Waals surface area contributed by atoms with Crippen molar-refractivity contribution in [1.82, 2.24) is 0 Å². The monoisotopic (exact) mass is 391 g/mol. The highest BCUT2D eigenvalue weighted by Gasteiger charge is 2.17. The van der Waals surface area contributed by atoms with Crippen molar-refractivity contribution in [3.8, 4) is 5.75 Å². The molecule has 24 heavy (non-hydrogen) atoms. The second kappa shape index (κ2) is 8.49. The fraction of sp³-hybridized carbons (Fsp3) is 0.222. The summed E-state index contributed by atoms with van der Waals surface area (Å²) in [6, 6.07) is 14.4. The quantitative estimate of drug-likeness (QED) is 0.762. The van der Waals surface area contributed by atoms with Crippen molar-refractivity contribution in [1.29, 1.82) is 0 Å². The van der Waals surface area contributed by atoms with Gasteiger partial charge in [0.1, 0.15) is 5.75 Å². The first-order valence-electron chi connectivity index (χ1n) is 7.40. The maximum Gasteiger partial charge on any atom is 0.347 e. The number of ether oxygens (including phenoxy) is 2. The molecule has 0 saturated heterocycles. The number of carbonyl (C=O) groups is 2. The highest BCUT2D eigenvalue weighted by Crippen LogP contribution is 2.20. The molecule has 0 saturated carbocycles. The Hall–Kier alpha value is -2.34. The zero-order valence-electron chi connectivity index (χ0n) is 13.4. The van der Waals surface area contributed by atoms with Crippen LogP contribution in [0.5, 0.6) is 5.75 Å². The Morgan fingerprint density at radius 2 is 1.88 bits per heavy atom. The Morgan fingerprint density at radius 1 is 1.17 bits per heavy atom. The van der Waals surface area contributed by atoms with Crippen molar-refractivity contribution in [3.63, 3.8) is 0 Å². The molecule has 6 heteroatoms. The molecule has 5 nitrogen and oxygen atoms in total. The molecule has 2 rings (SSSR count). The van der Waals surface area contributed by atoms with Crippen LogP contribution in [0.2, 0.25) is 0 Å². The van der Waals surface area contributed by atoms with E-state index < -0.39 is 18.0 Å². The van der Waals surface area contributed by atoms with E-state index in [0.717, 1.165) is 10.0 Å². The molecule has 0 heterocycles. The molecular weight excluding hydrogens is 374 g/mol. The van der Waals surface area contributed by atoms with Crippen LogP contribution in [-0.4, -0.2) is 24.6 Å². The van der Waals surface area contributed by atoms with Gasteiger partial charge in [0.2, 0.25) is 0 Å². The number of rotatable bonds is 6.